The molecule has 0 spiro atoms. The van der Waals surface area contributed by atoms with Gasteiger partial charge in [0, 0.05) is 12.1 Å². The topological polar surface area (TPSA) is 99.9 Å². The summed E-state index contributed by atoms with van der Waals surface area (Å²) in [6, 6.07) is 13.2. The minimum atomic E-state index is -0.626. The fourth-order valence-corrected chi connectivity index (χ4v) is 2.75. The molecule has 0 heterocycles. The Bertz CT molecular complexity index is 783. The predicted molar refractivity (Wildman–Crippen MR) is 106 cm³/mol. The van der Waals surface area contributed by atoms with Crippen LogP contribution in [-0.4, -0.2) is 39.2 Å². The molecule has 0 aliphatic heterocycles. The summed E-state index contributed by atoms with van der Waals surface area (Å²) >= 11 is 0. The van der Waals surface area contributed by atoms with E-state index >= 15 is 0 Å². The average molecular weight is 386 g/mol. The van der Waals surface area contributed by atoms with E-state index in [0.717, 1.165) is 6.42 Å². The molecule has 0 aliphatic rings. The second-order valence-corrected chi connectivity index (χ2v) is 6.32. The van der Waals surface area contributed by atoms with Gasteiger partial charge >= 0.3 is 0 Å². The summed E-state index contributed by atoms with van der Waals surface area (Å²) in [5.74, 6) is 0.233. The van der Waals surface area contributed by atoms with Gasteiger partial charge in [-0.05, 0) is 30.0 Å². The lowest BCUT2D eigenvalue weighted by molar-refractivity contribution is -0.120. The molecule has 0 saturated carbocycles. The fourth-order valence-electron chi connectivity index (χ4n) is 2.75. The second-order valence-electron chi connectivity index (χ2n) is 6.32. The number of nitrogens with two attached hydrogens (primary N) is 1. The lowest BCUT2D eigenvalue weighted by Crippen LogP contribution is -2.25. The number of benzene rings is 2. The molecule has 2 amide bonds. The zero-order valence-corrected chi connectivity index (χ0v) is 16.4. The molecular weight excluding hydrogens is 360 g/mol. The molecule has 0 saturated heterocycles. The van der Waals surface area contributed by atoms with Gasteiger partial charge in [0.25, 0.3) is 11.8 Å². The van der Waals surface area contributed by atoms with E-state index in [0.29, 0.717) is 18.0 Å². The van der Waals surface area contributed by atoms with Crippen molar-refractivity contribution in [3.05, 3.63) is 53.6 Å². The Hall–Kier alpha value is -3.22. The molecule has 150 valence electrons. The van der Waals surface area contributed by atoms with E-state index in [1.165, 1.54) is 31.9 Å². The smallest absolute Gasteiger partial charge is 0.255 e. The van der Waals surface area contributed by atoms with E-state index in [1.54, 1.807) is 0 Å². The highest BCUT2D eigenvalue weighted by atomic mass is 16.5. The summed E-state index contributed by atoms with van der Waals surface area (Å²) in [7, 11) is 2.88. The second kappa shape index (κ2) is 10.2. The van der Waals surface area contributed by atoms with Crippen molar-refractivity contribution in [2.24, 2.45) is 5.73 Å². The van der Waals surface area contributed by atoms with Crippen LogP contribution >= 0.6 is 0 Å². The van der Waals surface area contributed by atoms with Gasteiger partial charge < -0.3 is 25.3 Å². The number of ether oxygens (including phenoxy) is 3. The van der Waals surface area contributed by atoms with E-state index < -0.39 is 5.91 Å². The van der Waals surface area contributed by atoms with E-state index in [2.05, 4.69) is 24.4 Å². The molecular formula is C21H26N2O5. The highest BCUT2D eigenvalue weighted by Gasteiger charge is 2.18. The number of carbonyl (C=O) groups excluding carboxylic acids is 2. The van der Waals surface area contributed by atoms with Gasteiger partial charge in [-0.25, -0.2) is 0 Å². The molecule has 0 aliphatic carbocycles. The Balaban J connectivity index is 2.05. The highest BCUT2D eigenvalue weighted by molar-refractivity contribution is 5.95. The van der Waals surface area contributed by atoms with Crippen molar-refractivity contribution < 1.29 is 23.8 Å². The van der Waals surface area contributed by atoms with Crippen molar-refractivity contribution in [1.29, 1.82) is 0 Å². The van der Waals surface area contributed by atoms with Crippen molar-refractivity contribution in [1.82, 2.24) is 5.32 Å². The standard InChI is InChI=1S/C21H26N2O5/c1-14(15-7-5-4-6-8-15)9-10-23-21(25)16-11-17(26-2)20(18(12-16)27-3)28-13-19(22)24/h4-8,11-12,14H,9-10,13H2,1-3H3,(H2,22,24)(H,23,25). The van der Waals surface area contributed by atoms with Crippen molar-refractivity contribution >= 4 is 11.8 Å². The summed E-state index contributed by atoms with van der Waals surface area (Å²) in [6.07, 6.45) is 0.809. The van der Waals surface area contributed by atoms with Crippen molar-refractivity contribution in [2.75, 3.05) is 27.4 Å². The van der Waals surface area contributed by atoms with Crippen molar-refractivity contribution in [3.8, 4) is 17.2 Å². The summed E-state index contributed by atoms with van der Waals surface area (Å²) in [5.41, 5.74) is 6.71. The highest BCUT2D eigenvalue weighted by Crippen LogP contribution is 2.38. The molecule has 2 rings (SSSR count). The third kappa shape index (κ3) is 5.64. The minimum Gasteiger partial charge on any atom is -0.493 e. The van der Waals surface area contributed by atoms with Gasteiger partial charge in [0.15, 0.2) is 18.1 Å². The number of nitrogens with one attached hydrogen (secondary N) is 1. The molecule has 0 radical (unpaired) electrons. The lowest BCUT2D eigenvalue weighted by Gasteiger charge is -2.16. The number of rotatable bonds is 10. The largest absolute Gasteiger partial charge is 0.493 e. The van der Waals surface area contributed by atoms with Crippen LogP contribution in [0, 0.1) is 0 Å². The van der Waals surface area contributed by atoms with E-state index in [-0.39, 0.29) is 29.8 Å². The molecule has 1 unspecified atom stereocenters. The first-order valence-corrected chi connectivity index (χ1v) is 8.96. The number of primary amides is 1. The third-order valence-corrected chi connectivity index (χ3v) is 4.31. The molecule has 0 aromatic heterocycles. The van der Waals surface area contributed by atoms with Gasteiger partial charge in [0.05, 0.1) is 14.2 Å². The number of carbonyl (C=O) groups is 2. The summed E-state index contributed by atoms with van der Waals surface area (Å²) in [6.45, 7) is 2.33. The van der Waals surface area contributed by atoms with Crippen LogP contribution in [0.5, 0.6) is 17.2 Å². The molecule has 1 atom stereocenters. The summed E-state index contributed by atoms with van der Waals surface area (Å²) in [4.78, 5) is 23.5. The Labute approximate surface area is 164 Å². The molecule has 2 aromatic carbocycles. The first-order chi connectivity index (χ1) is 13.5. The lowest BCUT2D eigenvalue weighted by atomic mass is 9.98. The van der Waals surface area contributed by atoms with Crippen LogP contribution in [0.4, 0.5) is 0 Å². The van der Waals surface area contributed by atoms with Crippen LogP contribution in [0.1, 0.15) is 35.2 Å². The fraction of sp³-hybridized carbons (Fsp3) is 0.333. The quantitative estimate of drug-likeness (QED) is 0.653. The SMILES string of the molecule is COc1cc(C(=O)NCCC(C)c2ccccc2)cc(OC)c1OCC(N)=O. The number of methoxy groups -OCH3 is 2. The Kier molecular flexibility index (Phi) is 7.68. The molecule has 28 heavy (non-hydrogen) atoms. The van der Waals surface area contributed by atoms with Crippen LogP contribution in [0.25, 0.3) is 0 Å². The van der Waals surface area contributed by atoms with E-state index in [9.17, 15) is 9.59 Å². The van der Waals surface area contributed by atoms with Crippen molar-refractivity contribution in [2.45, 2.75) is 19.3 Å². The normalized spacial score (nSPS) is 11.4. The maximum Gasteiger partial charge on any atom is 0.255 e. The van der Waals surface area contributed by atoms with Gasteiger partial charge in [0.1, 0.15) is 0 Å². The molecule has 2 aromatic rings. The maximum absolute atomic E-state index is 12.5. The van der Waals surface area contributed by atoms with Crippen LogP contribution in [-0.2, 0) is 4.79 Å². The van der Waals surface area contributed by atoms with Crippen LogP contribution in [0.2, 0.25) is 0 Å². The van der Waals surface area contributed by atoms with Gasteiger partial charge in [0.2, 0.25) is 5.75 Å². The van der Waals surface area contributed by atoms with Crippen LogP contribution in [0.3, 0.4) is 0 Å². The van der Waals surface area contributed by atoms with E-state index in [4.69, 9.17) is 19.9 Å². The van der Waals surface area contributed by atoms with Gasteiger partial charge in [-0.15, -0.1) is 0 Å². The van der Waals surface area contributed by atoms with Crippen LogP contribution < -0.4 is 25.3 Å². The predicted octanol–water partition coefficient (Wildman–Crippen LogP) is 2.49. The van der Waals surface area contributed by atoms with Gasteiger partial charge in [-0.2, -0.15) is 0 Å². The third-order valence-electron chi connectivity index (χ3n) is 4.31. The minimum absolute atomic E-state index is 0.220. The van der Waals surface area contributed by atoms with E-state index in [1.807, 2.05) is 18.2 Å². The number of amides is 2. The average Bonchev–Trinajstić information content (AvgIpc) is 2.71. The van der Waals surface area contributed by atoms with Gasteiger partial charge in [-0.1, -0.05) is 37.3 Å². The number of hydrogen-bond donors (Lipinski definition) is 2. The monoisotopic (exact) mass is 386 g/mol. The summed E-state index contributed by atoms with van der Waals surface area (Å²) < 4.78 is 15.9. The molecule has 3 N–H and O–H groups in total. The van der Waals surface area contributed by atoms with Crippen molar-refractivity contribution in [3.63, 3.8) is 0 Å². The first kappa shape index (κ1) is 21.1. The zero-order valence-electron chi connectivity index (χ0n) is 16.4. The molecule has 7 heteroatoms. The molecule has 0 fully saturated rings. The molecule has 7 nitrogen and oxygen atoms in total. The first-order valence-electron chi connectivity index (χ1n) is 8.96. The Morgan fingerprint density at radius 1 is 1.07 bits per heavy atom. The maximum atomic E-state index is 12.5. The van der Waals surface area contributed by atoms with Gasteiger partial charge in [-0.3, -0.25) is 9.59 Å². The Morgan fingerprint density at radius 2 is 1.68 bits per heavy atom. The van der Waals surface area contributed by atoms with Crippen LogP contribution in [0.15, 0.2) is 42.5 Å². The summed E-state index contributed by atoms with van der Waals surface area (Å²) in [5, 5.41) is 2.91. The zero-order chi connectivity index (χ0) is 20.5. The Morgan fingerprint density at radius 3 is 2.21 bits per heavy atom. The number of hydrogen-bond acceptors (Lipinski definition) is 5. The molecule has 0 bridgehead atoms.